The van der Waals surface area contributed by atoms with Crippen LogP contribution < -0.4 is 0 Å². The second-order valence-corrected chi connectivity index (χ2v) is 6.79. The van der Waals surface area contributed by atoms with Gasteiger partial charge in [0, 0.05) is 5.33 Å². The van der Waals surface area contributed by atoms with Gasteiger partial charge in [0.15, 0.2) is 0 Å². The van der Waals surface area contributed by atoms with Crippen molar-refractivity contribution in [2.75, 3.05) is 0 Å². The molecular formula is C21H29Br. The van der Waals surface area contributed by atoms with Crippen molar-refractivity contribution in [3.05, 3.63) is 64.3 Å². The van der Waals surface area contributed by atoms with Crippen LogP contribution >= 0.6 is 15.9 Å². The Morgan fingerprint density at radius 2 is 1.55 bits per heavy atom. The Morgan fingerprint density at radius 3 is 2.23 bits per heavy atom. The number of alkyl halides is 1. The molecule has 0 saturated carbocycles. The summed E-state index contributed by atoms with van der Waals surface area (Å²) >= 11 is 3.56. The van der Waals surface area contributed by atoms with Crippen molar-refractivity contribution in [3.8, 4) is 0 Å². The first-order chi connectivity index (χ1) is 10.5. The van der Waals surface area contributed by atoms with Crippen molar-refractivity contribution in [3.63, 3.8) is 0 Å². The van der Waals surface area contributed by atoms with Gasteiger partial charge in [-0.3, -0.25) is 0 Å². The third kappa shape index (κ3) is 7.79. The fourth-order valence-corrected chi connectivity index (χ4v) is 2.88. The normalized spacial score (nSPS) is 12.4. The zero-order valence-corrected chi connectivity index (χ0v) is 16.0. The molecule has 0 saturated heterocycles. The average molecular weight is 361 g/mol. The van der Waals surface area contributed by atoms with Gasteiger partial charge in [-0.25, -0.2) is 0 Å². The molecular weight excluding hydrogens is 332 g/mol. The van der Waals surface area contributed by atoms with Crippen LogP contribution in [-0.4, -0.2) is 0 Å². The molecule has 0 aliphatic rings. The highest BCUT2D eigenvalue weighted by molar-refractivity contribution is 9.08. The molecule has 0 bridgehead atoms. The summed E-state index contributed by atoms with van der Waals surface area (Å²) < 4.78 is 0. The Labute approximate surface area is 145 Å². The van der Waals surface area contributed by atoms with E-state index in [9.17, 15) is 0 Å². The Morgan fingerprint density at radius 1 is 0.909 bits per heavy atom. The predicted octanol–water partition coefficient (Wildman–Crippen LogP) is 7.46. The number of rotatable bonds is 8. The Balaban J connectivity index is 2.50. The molecule has 0 heterocycles. The van der Waals surface area contributed by atoms with Gasteiger partial charge in [0.25, 0.3) is 0 Å². The van der Waals surface area contributed by atoms with Gasteiger partial charge >= 0.3 is 0 Å². The van der Waals surface area contributed by atoms with E-state index in [1.54, 1.807) is 0 Å². The van der Waals surface area contributed by atoms with E-state index in [1.807, 2.05) is 0 Å². The van der Waals surface area contributed by atoms with Crippen LogP contribution in [0.5, 0.6) is 0 Å². The summed E-state index contributed by atoms with van der Waals surface area (Å²) in [7, 11) is 0. The first-order valence-electron chi connectivity index (χ1n) is 8.13. The highest BCUT2D eigenvalue weighted by Gasteiger charge is 1.98. The third-order valence-electron chi connectivity index (χ3n) is 3.72. The summed E-state index contributed by atoms with van der Waals surface area (Å²) in [6, 6.07) is 8.59. The molecule has 1 heteroatoms. The lowest BCUT2D eigenvalue weighted by molar-refractivity contribution is 0.921. The summed E-state index contributed by atoms with van der Waals surface area (Å²) in [6.45, 7) is 8.81. The van der Waals surface area contributed by atoms with E-state index in [1.165, 1.54) is 34.3 Å². The smallest absolute Gasteiger partial charge is 0.0288 e. The number of hydrogen-bond donors (Lipinski definition) is 0. The van der Waals surface area contributed by atoms with Gasteiger partial charge in [0.05, 0.1) is 0 Å². The predicted molar refractivity (Wildman–Crippen MR) is 104 cm³/mol. The van der Waals surface area contributed by atoms with Gasteiger partial charge in [0.2, 0.25) is 0 Å². The van der Waals surface area contributed by atoms with E-state index in [4.69, 9.17) is 0 Å². The van der Waals surface area contributed by atoms with Crippen LogP contribution in [0.2, 0.25) is 0 Å². The maximum absolute atomic E-state index is 3.56. The molecule has 120 valence electrons. The topological polar surface area (TPSA) is 0 Å². The van der Waals surface area contributed by atoms with Gasteiger partial charge in [-0.15, -0.1) is 0 Å². The van der Waals surface area contributed by atoms with Crippen molar-refractivity contribution in [2.24, 2.45) is 0 Å². The van der Waals surface area contributed by atoms with E-state index in [2.05, 4.69) is 86.1 Å². The Hall–Kier alpha value is -1.08. The summed E-state index contributed by atoms with van der Waals surface area (Å²) in [5.74, 6) is 0. The molecule has 1 aromatic rings. The highest BCUT2D eigenvalue weighted by atomic mass is 79.9. The molecule has 1 rings (SSSR count). The van der Waals surface area contributed by atoms with Crippen LogP contribution in [-0.2, 0) is 5.33 Å². The molecule has 0 aromatic heterocycles. The van der Waals surface area contributed by atoms with Crippen LogP contribution in [0.1, 0.15) is 64.5 Å². The largest absolute Gasteiger partial charge is 0.0876 e. The zero-order chi connectivity index (χ0) is 16.4. The van der Waals surface area contributed by atoms with Crippen molar-refractivity contribution in [1.82, 2.24) is 0 Å². The monoisotopic (exact) mass is 360 g/mol. The minimum atomic E-state index is 0.913. The molecule has 0 atom stereocenters. The molecule has 0 radical (unpaired) electrons. The van der Waals surface area contributed by atoms with Crippen molar-refractivity contribution in [1.29, 1.82) is 0 Å². The average Bonchev–Trinajstić information content (AvgIpc) is 2.47. The molecule has 1 aromatic carbocycles. The van der Waals surface area contributed by atoms with Crippen LogP contribution in [0.15, 0.2) is 53.1 Å². The summed E-state index contributed by atoms with van der Waals surface area (Å²) in [5, 5.41) is 0.913. The summed E-state index contributed by atoms with van der Waals surface area (Å²) in [6.07, 6.45) is 11.7. The number of halogens is 1. The van der Waals surface area contributed by atoms with Gasteiger partial charge < -0.3 is 0 Å². The fourth-order valence-electron chi connectivity index (χ4n) is 2.37. The minimum absolute atomic E-state index is 0.913. The SMILES string of the molecule is CC(C)=CCC/C(C)=C/CC/C(C)=C/c1ccccc1CBr. The molecule has 0 amide bonds. The van der Waals surface area contributed by atoms with Gasteiger partial charge in [-0.05, 0) is 64.5 Å². The lowest BCUT2D eigenvalue weighted by atomic mass is 10.0. The van der Waals surface area contributed by atoms with E-state index in [0.717, 1.165) is 24.6 Å². The number of hydrogen-bond acceptors (Lipinski definition) is 0. The van der Waals surface area contributed by atoms with E-state index in [0.29, 0.717) is 0 Å². The maximum Gasteiger partial charge on any atom is 0.0288 e. The molecule has 0 spiro atoms. The zero-order valence-electron chi connectivity index (χ0n) is 14.5. The molecule has 0 fully saturated rings. The quantitative estimate of drug-likeness (QED) is 0.333. The lowest BCUT2D eigenvalue weighted by Gasteiger charge is -2.05. The Kier molecular flexibility index (Phi) is 9.15. The first kappa shape index (κ1) is 19.0. The highest BCUT2D eigenvalue weighted by Crippen LogP contribution is 2.18. The molecule has 0 nitrogen and oxygen atoms in total. The summed E-state index contributed by atoms with van der Waals surface area (Å²) in [4.78, 5) is 0. The van der Waals surface area contributed by atoms with E-state index in [-0.39, 0.29) is 0 Å². The molecule has 0 aliphatic carbocycles. The van der Waals surface area contributed by atoms with E-state index < -0.39 is 0 Å². The minimum Gasteiger partial charge on any atom is -0.0876 e. The first-order valence-corrected chi connectivity index (χ1v) is 9.25. The van der Waals surface area contributed by atoms with Crippen LogP contribution in [0.4, 0.5) is 0 Å². The molecule has 0 N–H and O–H groups in total. The number of allylic oxidation sites excluding steroid dienone is 5. The molecule has 0 unspecified atom stereocenters. The number of benzene rings is 1. The maximum atomic E-state index is 3.56. The Bertz CT molecular complexity index is 543. The van der Waals surface area contributed by atoms with Crippen molar-refractivity contribution >= 4 is 22.0 Å². The second-order valence-electron chi connectivity index (χ2n) is 6.23. The molecule has 22 heavy (non-hydrogen) atoms. The van der Waals surface area contributed by atoms with Crippen LogP contribution in [0.25, 0.3) is 6.08 Å². The lowest BCUT2D eigenvalue weighted by Crippen LogP contribution is -1.85. The van der Waals surface area contributed by atoms with Crippen LogP contribution in [0.3, 0.4) is 0 Å². The third-order valence-corrected chi connectivity index (χ3v) is 4.33. The summed E-state index contributed by atoms with van der Waals surface area (Å²) in [5.41, 5.74) is 7.06. The second kappa shape index (κ2) is 10.6. The van der Waals surface area contributed by atoms with Gasteiger partial charge in [0.1, 0.15) is 0 Å². The van der Waals surface area contributed by atoms with E-state index >= 15 is 0 Å². The van der Waals surface area contributed by atoms with Gasteiger partial charge in [-0.2, -0.15) is 0 Å². The van der Waals surface area contributed by atoms with Gasteiger partial charge in [-0.1, -0.05) is 75.1 Å². The standard InChI is InChI=1S/C21H29Br/c1-17(2)9-7-10-18(3)11-8-12-19(4)15-20-13-5-6-14-21(20)16-22/h5-6,9,11,13-15H,7-8,10,12,16H2,1-4H3/b18-11+,19-15+. The van der Waals surface area contributed by atoms with Crippen LogP contribution in [0, 0.1) is 0 Å². The fraction of sp³-hybridized carbons (Fsp3) is 0.429. The van der Waals surface area contributed by atoms with Crippen molar-refractivity contribution in [2.45, 2.75) is 58.7 Å². The molecule has 0 aliphatic heterocycles. The van der Waals surface area contributed by atoms with Crippen molar-refractivity contribution < 1.29 is 0 Å².